The van der Waals surface area contributed by atoms with Crippen LogP contribution in [0.25, 0.3) is 5.70 Å². The summed E-state index contributed by atoms with van der Waals surface area (Å²) in [6, 6.07) is 61.5. The summed E-state index contributed by atoms with van der Waals surface area (Å²) < 4.78 is 0. The van der Waals surface area contributed by atoms with Gasteiger partial charge in [0.05, 0.1) is 11.4 Å². The van der Waals surface area contributed by atoms with E-state index in [-0.39, 0.29) is 23.0 Å². The minimum absolute atomic E-state index is 0.0487. The van der Waals surface area contributed by atoms with Crippen molar-refractivity contribution in [2.75, 3.05) is 14.7 Å². The Labute approximate surface area is 344 Å². The van der Waals surface area contributed by atoms with Gasteiger partial charge in [0.15, 0.2) is 0 Å². The van der Waals surface area contributed by atoms with E-state index in [2.05, 4.69) is 227 Å². The smallest absolute Gasteiger partial charge is 0.248 e. The second-order valence-corrected chi connectivity index (χ2v) is 18.6. The van der Waals surface area contributed by atoms with Crippen LogP contribution in [0.4, 0.5) is 45.5 Å². The third kappa shape index (κ3) is 4.75. The predicted molar refractivity (Wildman–Crippen MR) is 247 cm³/mol. The van der Waals surface area contributed by atoms with Crippen molar-refractivity contribution in [3.8, 4) is 0 Å². The Morgan fingerprint density at radius 3 is 1.66 bits per heavy atom. The first-order valence-corrected chi connectivity index (χ1v) is 20.8. The fourth-order valence-corrected chi connectivity index (χ4v) is 10.8. The minimum atomic E-state index is -0.229. The average molecular weight is 750 g/mol. The first kappa shape index (κ1) is 35.0. The minimum Gasteiger partial charge on any atom is -0.311 e. The predicted octanol–water partition coefficient (Wildman–Crippen LogP) is 12.9. The Balaban J connectivity index is 1.30. The molecule has 282 valence electrons. The molecule has 7 aromatic carbocycles. The highest BCUT2D eigenvalue weighted by molar-refractivity contribution is 6.96. The van der Waals surface area contributed by atoms with Crippen LogP contribution in [0.2, 0.25) is 0 Å². The van der Waals surface area contributed by atoms with Gasteiger partial charge in [-0.3, -0.25) is 0 Å². The Morgan fingerprint density at radius 1 is 0.483 bits per heavy atom. The highest BCUT2D eigenvalue weighted by Gasteiger charge is 2.55. The van der Waals surface area contributed by atoms with E-state index in [1.54, 1.807) is 0 Å². The van der Waals surface area contributed by atoms with E-state index in [0.717, 1.165) is 22.7 Å². The Morgan fingerprint density at radius 2 is 1.02 bits per heavy atom. The van der Waals surface area contributed by atoms with Gasteiger partial charge in [0.1, 0.15) is 0 Å². The summed E-state index contributed by atoms with van der Waals surface area (Å²) in [5, 5.41) is 0. The Bertz CT molecular complexity index is 2790. The third-order valence-corrected chi connectivity index (χ3v) is 13.6. The van der Waals surface area contributed by atoms with Crippen LogP contribution in [-0.2, 0) is 16.2 Å². The molecule has 0 fully saturated rings. The van der Waals surface area contributed by atoms with Crippen LogP contribution in [0.15, 0.2) is 169 Å². The topological polar surface area (TPSA) is 9.72 Å². The maximum atomic E-state index is 2.68. The van der Waals surface area contributed by atoms with Crippen molar-refractivity contribution < 1.29 is 0 Å². The molecule has 0 aromatic heterocycles. The largest absolute Gasteiger partial charge is 0.311 e. The SMILES string of the molecule is CC(C)(C)c1ccc(N2c3ccccc3B3C4=C5c6c(cccc6C(C)(C)c6ccccc6N5c5cc(N(c6ccccc6)c6ccccc6)cc2c53)C4(C)C)cc1. The van der Waals surface area contributed by atoms with Gasteiger partial charge in [-0.1, -0.05) is 157 Å². The van der Waals surface area contributed by atoms with E-state index in [1.807, 2.05) is 0 Å². The van der Waals surface area contributed by atoms with Gasteiger partial charge in [0, 0.05) is 56.2 Å². The van der Waals surface area contributed by atoms with E-state index in [1.165, 1.54) is 72.7 Å². The Hall–Kier alpha value is -6.26. The zero-order chi connectivity index (χ0) is 39.7. The molecule has 0 N–H and O–H groups in total. The number of allylic oxidation sites excluding steroid dienone is 1. The number of hydrogen-bond donors (Lipinski definition) is 0. The van der Waals surface area contributed by atoms with Gasteiger partial charge in [-0.15, -0.1) is 0 Å². The van der Waals surface area contributed by atoms with E-state index in [0.29, 0.717) is 0 Å². The number of nitrogens with zero attached hydrogens (tertiary/aromatic N) is 3. The molecule has 0 unspecified atom stereocenters. The van der Waals surface area contributed by atoms with Crippen LogP contribution >= 0.6 is 0 Å². The molecule has 0 amide bonds. The maximum absolute atomic E-state index is 2.68. The number of anilines is 8. The van der Waals surface area contributed by atoms with Gasteiger partial charge in [-0.2, -0.15) is 0 Å². The van der Waals surface area contributed by atoms with E-state index in [4.69, 9.17) is 0 Å². The summed E-state index contributed by atoms with van der Waals surface area (Å²) in [5.74, 6) is 0. The van der Waals surface area contributed by atoms with Crippen LogP contribution < -0.4 is 25.6 Å². The monoisotopic (exact) mass is 749 g/mol. The molecular weight excluding hydrogens is 701 g/mol. The highest BCUT2D eigenvalue weighted by Crippen LogP contribution is 2.61. The Kier molecular flexibility index (Phi) is 7.31. The molecule has 0 bridgehead atoms. The van der Waals surface area contributed by atoms with Gasteiger partial charge < -0.3 is 14.7 Å². The van der Waals surface area contributed by atoms with Gasteiger partial charge in [-0.05, 0) is 99.3 Å². The molecule has 4 aliphatic rings. The van der Waals surface area contributed by atoms with E-state index >= 15 is 0 Å². The number of fused-ring (bicyclic) bond motifs is 6. The van der Waals surface area contributed by atoms with Crippen molar-refractivity contribution in [3.63, 3.8) is 0 Å². The summed E-state index contributed by atoms with van der Waals surface area (Å²) in [6.45, 7) is 16.7. The van der Waals surface area contributed by atoms with Gasteiger partial charge in [-0.25, -0.2) is 0 Å². The number of rotatable bonds is 4. The second-order valence-electron chi connectivity index (χ2n) is 18.6. The fraction of sp³-hybridized carbons (Fsp3) is 0.185. The number of hydrogen-bond acceptors (Lipinski definition) is 3. The molecule has 0 saturated carbocycles. The van der Waals surface area contributed by atoms with Crippen molar-refractivity contribution in [1.29, 1.82) is 0 Å². The van der Waals surface area contributed by atoms with Crippen LogP contribution in [-0.4, -0.2) is 6.71 Å². The molecule has 0 spiro atoms. The molecular formula is C54H48BN3. The molecule has 4 heteroatoms. The molecule has 1 aliphatic carbocycles. The molecule has 3 nitrogen and oxygen atoms in total. The lowest BCUT2D eigenvalue weighted by molar-refractivity contribution is 0.590. The molecule has 0 atom stereocenters. The molecule has 11 rings (SSSR count). The quantitative estimate of drug-likeness (QED) is 0.166. The summed E-state index contributed by atoms with van der Waals surface area (Å²) in [4.78, 5) is 7.66. The first-order valence-electron chi connectivity index (χ1n) is 20.8. The average Bonchev–Trinajstić information content (AvgIpc) is 3.42. The van der Waals surface area contributed by atoms with Gasteiger partial charge in [0.25, 0.3) is 0 Å². The molecule has 0 saturated heterocycles. The number of benzene rings is 7. The van der Waals surface area contributed by atoms with Crippen LogP contribution in [0.5, 0.6) is 0 Å². The molecule has 7 aromatic rings. The lowest BCUT2D eigenvalue weighted by atomic mass is 9.30. The van der Waals surface area contributed by atoms with Crippen molar-refractivity contribution in [1.82, 2.24) is 0 Å². The molecule has 3 heterocycles. The lowest BCUT2D eigenvalue weighted by Gasteiger charge is -2.46. The third-order valence-electron chi connectivity index (χ3n) is 13.6. The first-order chi connectivity index (χ1) is 28.0. The second kappa shape index (κ2) is 12.1. The summed E-state index contributed by atoms with van der Waals surface area (Å²) in [5.41, 5.74) is 21.5. The van der Waals surface area contributed by atoms with Crippen molar-refractivity contribution >= 4 is 68.8 Å². The standard InChI is InChI=1S/C54H48BN3/c1-52(2,3)35-29-31-38(32-30-35)57-45-28-17-15-26-43(45)55-49-46(57)33-39(56(36-19-10-8-11-20-36)37-21-12-9-13-22-37)34-47(49)58-44-27-16-14-23-40(44)53(4,5)41-24-18-25-42-48(41)50(58)51(55)54(42,6)7/h8-34H,1-7H3. The normalized spacial score (nSPS) is 16.3. The fourth-order valence-electron chi connectivity index (χ4n) is 10.8. The molecule has 58 heavy (non-hydrogen) atoms. The molecule has 0 radical (unpaired) electrons. The summed E-state index contributed by atoms with van der Waals surface area (Å²) in [6.07, 6.45) is 0. The zero-order valence-electron chi connectivity index (χ0n) is 34.5. The van der Waals surface area contributed by atoms with Crippen molar-refractivity contribution in [2.45, 2.75) is 64.7 Å². The van der Waals surface area contributed by atoms with Crippen LogP contribution in [0, 0.1) is 0 Å². The summed E-state index contributed by atoms with van der Waals surface area (Å²) >= 11 is 0. The van der Waals surface area contributed by atoms with Gasteiger partial charge >= 0.3 is 0 Å². The highest BCUT2D eigenvalue weighted by atomic mass is 15.2. The van der Waals surface area contributed by atoms with Crippen molar-refractivity contribution in [2.24, 2.45) is 0 Å². The molecule has 3 aliphatic heterocycles. The summed E-state index contributed by atoms with van der Waals surface area (Å²) in [7, 11) is 0. The van der Waals surface area contributed by atoms with Crippen molar-refractivity contribution in [3.05, 3.63) is 197 Å². The number of para-hydroxylation sites is 4. The van der Waals surface area contributed by atoms with Crippen LogP contribution in [0.3, 0.4) is 0 Å². The zero-order valence-corrected chi connectivity index (χ0v) is 34.5. The lowest BCUT2D eigenvalue weighted by Crippen LogP contribution is -2.57. The van der Waals surface area contributed by atoms with Crippen LogP contribution in [0.1, 0.15) is 76.3 Å². The van der Waals surface area contributed by atoms with Gasteiger partial charge in [0.2, 0.25) is 6.71 Å². The van der Waals surface area contributed by atoms with E-state index in [9.17, 15) is 0 Å². The van der Waals surface area contributed by atoms with E-state index < -0.39 is 0 Å². The maximum Gasteiger partial charge on any atom is 0.248 e.